The van der Waals surface area contributed by atoms with Crippen LogP contribution in [0.4, 0.5) is 0 Å². The summed E-state index contributed by atoms with van der Waals surface area (Å²) in [5, 5.41) is 8.43. The molecule has 0 saturated carbocycles. The second kappa shape index (κ2) is 5.61. The molecule has 0 aliphatic heterocycles. The number of sulfonamides is 1. The van der Waals surface area contributed by atoms with E-state index < -0.39 is 16.0 Å². The lowest BCUT2D eigenvalue weighted by Gasteiger charge is -2.07. The van der Waals surface area contributed by atoms with E-state index in [-0.39, 0.29) is 17.9 Å². The number of carbonyl (C=O) groups is 1. The minimum absolute atomic E-state index is 0.120. The molecule has 5 nitrogen and oxygen atoms in total. The summed E-state index contributed by atoms with van der Waals surface area (Å²) in [6, 6.07) is 4.78. The highest BCUT2D eigenvalue weighted by Gasteiger charge is 2.14. The van der Waals surface area contributed by atoms with Gasteiger partial charge in [0.2, 0.25) is 10.0 Å². The molecule has 17 heavy (non-hydrogen) atoms. The molecule has 2 N–H and O–H groups in total. The number of aryl methyl sites for hydroxylation is 1. The molecule has 0 atom stereocenters. The summed E-state index contributed by atoms with van der Waals surface area (Å²) in [5.74, 6) is -1.04. The number of carboxylic acids is 1. The Bertz CT molecular complexity index is 507. The standard InChI is InChI=1S/C10H12BrNO4S/c1-7-4-8(11)6-9(5-7)17(15,16)12-3-2-10(13)14/h4-6,12H,2-3H2,1H3,(H,13,14). The fourth-order valence-electron chi connectivity index (χ4n) is 1.23. The van der Waals surface area contributed by atoms with Gasteiger partial charge in [0.25, 0.3) is 0 Å². The van der Waals surface area contributed by atoms with E-state index >= 15 is 0 Å². The van der Waals surface area contributed by atoms with Crippen molar-refractivity contribution in [2.75, 3.05) is 6.54 Å². The molecule has 0 spiro atoms. The molecule has 1 aromatic rings. The molecule has 0 aliphatic carbocycles. The Kier molecular flexibility index (Phi) is 4.67. The summed E-state index contributed by atoms with van der Waals surface area (Å²) in [6.07, 6.45) is -0.244. The quantitative estimate of drug-likeness (QED) is 0.861. The molecule has 0 amide bonds. The van der Waals surface area contributed by atoms with Crippen LogP contribution in [0.25, 0.3) is 0 Å². The second-order valence-electron chi connectivity index (χ2n) is 3.51. The summed E-state index contributed by atoms with van der Waals surface area (Å²) < 4.78 is 26.5. The maximum atomic E-state index is 11.8. The van der Waals surface area contributed by atoms with Crippen LogP contribution in [0.2, 0.25) is 0 Å². The average Bonchev–Trinajstić information content (AvgIpc) is 2.14. The summed E-state index contributed by atoms with van der Waals surface area (Å²) in [5.41, 5.74) is 0.804. The van der Waals surface area contributed by atoms with Gasteiger partial charge in [-0.05, 0) is 30.7 Å². The molecule has 7 heteroatoms. The topological polar surface area (TPSA) is 83.5 Å². The first-order chi connectivity index (χ1) is 7.81. The van der Waals surface area contributed by atoms with Crippen molar-refractivity contribution in [1.29, 1.82) is 0 Å². The zero-order valence-electron chi connectivity index (χ0n) is 9.10. The molecule has 1 aromatic carbocycles. The van der Waals surface area contributed by atoms with Gasteiger partial charge < -0.3 is 5.11 Å². The number of aliphatic carboxylic acids is 1. The molecule has 0 bridgehead atoms. The van der Waals surface area contributed by atoms with Gasteiger partial charge in [0.1, 0.15) is 0 Å². The maximum absolute atomic E-state index is 11.8. The fraction of sp³-hybridized carbons (Fsp3) is 0.300. The van der Waals surface area contributed by atoms with Crippen molar-refractivity contribution in [1.82, 2.24) is 4.72 Å². The van der Waals surface area contributed by atoms with Gasteiger partial charge in [-0.1, -0.05) is 15.9 Å². The normalized spacial score (nSPS) is 11.4. The molecule has 0 saturated heterocycles. The predicted octanol–water partition coefficient (Wildman–Crippen LogP) is 1.51. The lowest BCUT2D eigenvalue weighted by atomic mass is 10.2. The molecular weight excluding hydrogens is 310 g/mol. The highest BCUT2D eigenvalue weighted by atomic mass is 79.9. The summed E-state index contributed by atoms with van der Waals surface area (Å²) in [4.78, 5) is 10.4. The van der Waals surface area contributed by atoms with E-state index in [1.165, 1.54) is 12.1 Å². The third-order valence-electron chi connectivity index (χ3n) is 1.96. The molecule has 0 aliphatic rings. The zero-order chi connectivity index (χ0) is 13.1. The van der Waals surface area contributed by atoms with Crippen molar-refractivity contribution in [2.45, 2.75) is 18.2 Å². The van der Waals surface area contributed by atoms with E-state index in [1.54, 1.807) is 13.0 Å². The molecule has 0 fully saturated rings. The number of hydrogen-bond acceptors (Lipinski definition) is 3. The van der Waals surface area contributed by atoms with Gasteiger partial charge >= 0.3 is 5.97 Å². The number of rotatable bonds is 5. The first kappa shape index (κ1) is 14.1. The minimum atomic E-state index is -3.64. The first-order valence-electron chi connectivity index (χ1n) is 4.80. The number of hydrogen-bond donors (Lipinski definition) is 2. The Hall–Kier alpha value is -0.920. The van der Waals surface area contributed by atoms with Gasteiger partial charge in [-0.3, -0.25) is 4.79 Å². The molecule has 0 radical (unpaired) electrons. The fourth-order valence-corrected chi connectivity index (χ4v) is 3.15. The lowest BCUT2D eigenvalue weighted by molar-refractivity contribution is -0.136. The van der Waals surface area contributed by atoms with E-state index in [0.717, 1.165) is 5.56 Å². The van der Waals surface area contributed by atoms with Crippen LogP contribution < -0.4 is 4.72 Å². The van der Waals surface area contributed by atoms with Crippen LogP contribution in [0, 0.1) is 6.92 Å². The van der Waals surface area contributed by atoms with Crippen LogP contribution in [0.15, 0.2) is 27.6 Å². The van der Waals surface area contributed by atoms with Crippen molar-refractivity contribution < 1.29 is 18.3 Å². The molecule has 0 unspecified atom stereocenters. The number of carboxylic acid groups (broad SMARTS) is 1. The van der Waals surface area contributed by atoms with Gasteiger partial charge in [-0.25, -0.2) is 13.1 Å². The molecule has 0 heterocycles. The van der Waals surface area contributed by atoms with Crippen LogP contribution in [0.3, 0.4) is 0 Å². The molecule has 94 valence electrons. The van der Waals surface area contributed by atoms with Crippen molar-refractivity contribution >= 4 is 31.9 Å². The van der Waals surface area contributed by atoms with E-state index in [2.05, 4.69) is 20.7 Å². The first-order valence-corrected chi connectivity index (χ1v) is 7.07. The summed E-state index contributed by atoms with van der Waals surface area (Å²) in [7, 11) is -3.64. The second-order valence-corrected chi connectivity index (χ2v) is 6.19. The molecule has 1 rings (SSSR count). The van der Waals surface area contributed by atoms with Crippen molar-refractivity contribution in [3.8, 4) is 0 Å². The van der Waals surface area contributed by atoms with Crippen LogP contribution in [-0.2, 0) is 14.8 Å². The van der Waals surface area contributed by atoms with Crippen molar-refractivity contribution in [3.05, 3.63) is 28.2 Å². The highest BCUT2D eigenvalue weighted by molar-refractivity contribution is 9.10. The molecular formula is C10H12BrNO4S. The Balaban J connectivity index is 2.86. The average molecular weight is 322 g/mol. The van der Waals surface area contributed by atoms with Crippen molar-refractivity contribution in [2.24, 2.45) is 0 Å². The van der Waals surface area contributed by atoms with Gasteiger partial charge in [0, 0.05) is 11.0 Å². The molecule has 0 aromatic heterocycles. The zero-order valence-corrected chi connectivity index (χ0v) is 11.5. The van der Waals surface area contributed by atoms with E-state index in [9.17, 15) is 13.2 Å². The number of nitrogens with one attached hydrogen (secondary N) is 1. The highest BCUT2D eigenvalue weighted by Crippen LogP contribution is 2.18. The Morgan fingerprint density at radius 2 is 2.06 bits per heavy atom. The predicted molar refractivity (Wildman–Crippen MR) is 66.3 cm³/mol. The maximum Gasteiger partial charge on any atom is 0.304 e. The summed E-state index contributed by atoms with van der Waals surface area (Å²) in [6.45, 7) is 1.66. The third-order valence-corrected chi connectivity index (χ3v) is 3.86. The smallest absolute Gasteiger partial charge is 0.304 e. The number of halogens is 1. The van der Waals surface area contributed by atoms with Crippen LogP contribution >= 0.6 is 15.9 Å². The van der Waals surface area contributed by atoms with E-state index in [1.807, 2.05) is 0 Å². The largest absolute Gasteiger partial charge is 0.481 e. The Labute approximate surface area is 108 Å². The minimum Gasteiger partial charge on any atom is -0.481 e. The van der Waals surface area contributed by atoms with Crippen LogP contribution in [-0.4, -0.2) is 26.0 Å². The van der Waals surface area contributed by atoms with E-state index in [0.29, 0.717) is 4.47 Å². The monoisotopic (exact) mass is 321 g/mol. The van der Waals surface area contributed by atoms with Gasteiger partial charge in [0.15, 0.2) is 0 Å². The van der Waals surface area contributed by atoms with Crippen LogP contribution in [0.1, 0.15) is 12.0 Å². The third kappa shape index (κ3) is 4.45. The Morgan fingerprint density at radius 3 is 2.59 bits per heavy atom. The summed E-state index contributed by atoms with van der Waals surface area (Å²) >= 11 is 3.21. The Morgan fingerprint density at radius 1 is 1.41 bits per heavy atom. The van der Waals surface area contributed by atoms with Gasteiger partial charge in [-0.15, -0.1) is 0 Å². The van der Waals surface area contributed by atoms with Gasteiger partial charge in [0.05, 0.1) is 11.3 Å². The number of benzene rings is 1. The van der Waals surface area contributed by atoms with E-state index in [4.69, 9.17) is 5.11 Å². The lowest BCUT2D eigenvalue weighted by Crippen LogP contribution is -2.26. The van der Waals surface area contributed by atoms with Gasteiger partial charge in [-0.2, -0.15) is 0 Å². The SMILES string of the molecule is Cc1cc(Br)cc(S(=O)(=O)NCCC(=O)O)c1. The van der Waals surface area contributed by atoms with Crippen LogP contribution in [0.5, 0.6) is 0 Å². The van der Waals surface area contributed by atoms with Crippen molar-refractivity contribution in [3.63, 3.8) is 0 Å².